The third-order valence-electron chi connectivity index (χ3n) is 2.93. The van der Waals surface area contributed by atoms with E-state index in [2.05, 4.69) is 22.9 Å². The van der Waals surface area contributed by atoms with Crippen LogP contribution in [0.15, 0.2) is 16.6 Å². The molecule has 0 aliphatic carbocycles. The molecule has 0 fully saturated rings. The number of anilines is 1. The molecule has 2 rings (SSSR count). The van der Waals surface area contributed by atoms with Crippen LogP contribution < -0.4 is 15.4 Å². The van der Waals surface area contributed by atoms with Gasteiger partial charge in [-0.3, -0.25) is 4.79 Å². The van der Waals surface area contributed by atoms with Crippen molar-refractivity contribution in [3.63, 3.8) is 0 Å². The largest absolute Gasteiger partial charge is 0.476 e. The number of aryl methyl sites for hydroxylation is 1. The molecule has 17 heavy (non-hydrogen) atoms. The van der Waals surface area contributed by atoms with Crippen molar-refractivity contribution in [1.29, 1.82) is 0 Å². The summed E-state index contributed by atoms with van der Waals surface area (Å²) in [4.78, 5) is 13.5. The molecule has 1 aromatic carbocycles. The molecule has 1 aliphatic rings. The fourth-order valence-electron chi connectivity index (χ4n) is 1.88. The Morgan fingerprint density at radius 1 is 1.53 bits per heavy atom. The van der Waals surface area contributed by atoms with Gasteiger partial charge in [0.25, 0.3) is 5.91 Å². The first kappa shape index (κ1) is 12.4. The van der Waals surface area contributed by atoms with Crippen molar-refractivity contribution in [2.45, 2.75) is 19.4 Å². The number of fused-ring (bicyclic) bond motifs is 1. The number of benzene rings is 1. The van der Waals surface area contributed by atoms with Crippen LogP contribution in [0.3, 0.4) is 0 Å². The van der Waals surface area contributed by atoms with E-state index in [4.69, 9.17) is 10.5 Å². The highest BCUT2D eigenvalue weighted by atomic mass is 79.9. The summed E-state index contributed by atoms with van der Waals surface area (Å²) in [6.45, 7) is 2.26. The number of hydrogen-bond acceptors (Lipinski definition) is 3. The molecule has 0 bridgehead atoms. The summed E-state index contributed by atoms with van der Waals surface area (Å²) in [6.07, 6.45) is 0.324. The van der Waals surface area contributed by atoms with Crippen molar-refractivity contribution in [1.82, 2.24) is 0 Å². The molecule has 1 unspecified atom stereocenters. The summed E-state index contributed by atoms with van der Waals surface area (Å²) in [5, 5.41) is 0. The van der Waals surface area contributed by atoms with Gasteiger partial charge in [0.1, 0.15) is 0 Å². The first-order valence-corrected chi connectivity index (χ1v) is 6.34. The smallest absolute Gasteiger partial charge is 0.269 e. The topological polar surface area (TPSA) is 55.6 Å². The van der Waals surface area contributed by atoms with E-state index in [0.717, 1.165) is 22.1 Å². The second-order valence-corrected chi connectivity index (χ2v) is 4.87. The van der Waals surface area contributed by atoms with Crippen LogP contribution in [0, 0.1) is 0 Å². The first-order valence-electron chi connectivity index (χ1n) is 5.55. The molecule has 2 N–H and O–H groups in total. The van der Waals surface area contributed by atoms with Crippen LogP contribution in [0.25, 0.3) is 0 Å². The Hall–Kier alpha value is -1.07. The number of nitrogens with two attached hydrogens (primary N) is 1. The summed E-state index contributed by atoms with van der Waals surface area (Å²) in [5.74, 6) is 0.597. The molecule has 1 aliphatic heterocycles. The van der Waals surface area contributed by atoms with Gasteiger partial charge in [-0.25, -0.2) is 0 Å². The maximum atomic E-state index is 11.9. The maximum absolute atomic E-state index is 11.9. The molecule has 1 aromatic rings. The number of rotatable bonds is 2. The van der Waals surface area contributed by atoms with Crippen molar-refractivity contribution >= 4 is 27.5 Å². The quantitative estimate of drug-likeness (QED) is 0.904. The Morgan fingerprint density at radius 2 is 2.24 bits per heavy atom. The van der Waals surface area contributed by atoms with Gasteiger partial charge in [0, 0.05) is 13.6 Å². The Kier molecular flexibility index (Phi) is 3.40. The third-order valence-corrected chi connectivity index (χ3v) is 3.52. The maximum Gasteiger partial charge on any atom is 0.269 e. The van der Waals surface area contributed by atoms with Gasteiger partial charge < -0.3 is 15.4 Å². The van der Waals surface area contributed by atoms with Gasteiger partial charge >= 0.3 is 0 Å². The second-order valence-electron chi connectivity index (χ2n) is 4.02. The van der Waals surface area contributed by atoms with E-state index in [9.17, 15) is 4.79 Å². The van der Waals surface area contributed by atoms with Crippen LogP contribution in [0.2, 0.25) is 0 Å². The van der Waals surface area contributed by atoms with E-state index in [-0.39, 0.29) is 12.5 Å². The highest BCUT2D eigenvalue weighted by Gasteiger charge is 2.32. The summed E-state index contributed by atoms with van der Waals surface area (Å²) >= 11 is 3.47. The van der Waals surface area contributed by atoms with E-state index in [1.807, 2.05) is 12.1 Å². The lowest BCUT2D eigenvalue weighted by Gasteiger charge is -2.32. The SMILES string of the molecule is CCc1cc(Br)c2c(c1)N(C)C(=O)C(CN)O2. The molecular formula is C12H15BrN2O2. The molecule has 1 atom stereocenters. The van der Waals surface area contributed by atoms with Crippen molar-refractivity contribution in [2.75, 3.05) is 18.5 Å². The lowest BCUT2D eigenvalue weighted by atomic mass is 10.1. The highest BCUT2D eigenvalue weighted by Crippen LogP contribution is 2.40. The molecular weight excluding hydrogens is 284 g/mol. The van der Waals surface area contributed by atoms with E-state index >= 15 is 0 Å². The minimum absolute atomic E-state index is 0.0971. The average molecular weight is 299 g/mol. The molecule has 0 saturated carbocycles. The first-order chi connectivity index (χ1) is 8.08. The fourth-order valence-corrected chi connectivity index (χ4v) is 2.47. The standard InChI is InChI=1S/C12H15BrN2O2/c1-3-7-4-8(13)11-9(5-7)15(2)12(16)10(6-14)17-11/h4-5,10H,3,6,14H2,1-2H3. The Bertz CT molecular complexity index is 462. The second kappa shape index (κ2) is 4.66. The van der Waals surface area contributed by atoms with Crippen molar-refractivity contribution in [3.05, 3.63) is 22.2 Å². The Morgan fingerprint density at radius 3 is 2.82 bits per heavy atom. The molecule has 4 nitrogen and oxygen atoms in total. The average Bonchev–Trinajstić information content (AvgIpc) is 2.34. The number of carbonyl (C=O) groups excluding carboxylic acids is 1. The van der Waals surface area contributed by atoms with Gasteiger partial charge in [0.15, 0.2) is 11.9 Å². The van der Waals surface area contributed by atoms with E-state index in [1.54, 1.807) is 11.9 Å². The van der Waals surface area contributed by atoms with Crippen LogP contribution in [-0.2, 0) is 11.2 Å². The van der Waals surface area contributed by atoms with Crippen molar-refractivity contribution < 1.29 is 9.53 Å². The molecule has 1 heterocycles. The number of carbonyl (C=O) groups is 1. The zero-order valence-electron chi connectivity index (χ0n) is 9.87. The lowest BCUT2D eigenvalue weighted by Crippen LogP contribution is -2.47. The van der Waals surface area contributed by atoms with Gasteiger partial charge in [-0.15, -0.1) is 0 Å². The van der Waals surface area contributed by atoms with Gasteiger partial charge in [-0.1, -0.05) is 6.92 Å². The number of likely N-dealkylation sites (N-methyl/N-ethyl adjacent to an activating group) is 1. The van der Waals surface area contributed by atoms with E-state index in [1.165, 1.54) is 0 Å². The van der Waals surface area contributed by atoms with Gasteiger partial charge in [0.05, 0.1) is 10.2 Å². The molecule has 0 aromatic heterocycles. The highest BCUT2D eigenvalue weighted by molar-refractivity contribution is 9.10. The summed E-state index contributed by atoms with van der Waals surface area (Å²) in [5.41, 5.74) is 7.49. The third kappa shape index (κ3) is 2.05. The number of halogens is 1. The van der Waals surface area contributed by atoms with Crippen molar-refractivity contribution in [2.24, 2.45) is 5.73 Å². The normalized spacial score (nSPS) is 18.9. The van der Waals surface area contributed by atoms with Crippen molar-refractivity contribution in [3.8, 4) is 5.75 Å². The van der Waals surface area contributed by atoms with Gasteiger partial charge in [-0.05, 0) is 40.0 Å². The Labute approximate surface area is 109 Å². The molecule has 1 amide bonds. The summed E-state index contributed by atoms with van der Waals surface area (Å²) in [7, 11) is 1.75. The van der Waals surface area contributed by atoms with Gasteiger partial charge in [0.2, 0.25) is 0 Å². The molecule has 5 heteroatoms. The lowest BCUT2D eigenvalue weighted by molar-refractivity contribution is -0.125. The van der Waals surface area contributed by atoms with Crippen LogP contribution in [-0.4, -0.2) is 25.6 Å². The van der Waals surface area contributed by atoms with Crippen LogP contribution in [0.1, 0.15) is 12.5 Å². The number of amides is 1. The molecule has 92 valence electrons. The Balaban J connectivity index is 2.52. The fraction of sp³-hybridized carbons (Fsp3) is 0.417. The summed E-state index contributed by atoms with van der Waals surface area (Å²) in [6, 6.07) is 3.99. The van der Waals surface area contributed by atoms with E-state index in [0.29, 0.717) is 5.75 Å². The minimum atomic E-state index is -0.587. The zero-order chi connectivity index (χ0) is 12.6. The number of nitrogens with zero attached hydrogens (tertiary/aromatic N) is 1. The van der Waals surface area contributed by atoms with Crippen LogP contribution in [0.5, 0.6) is 5.75 Å². The predicted octanol–water partition coefficient (Wildman–Crippen LogP) is 1.69. The molecule has 0 radical (unpaired) electrons. The van der Waals surface area contributed by atoms with Crippen LogP contribution in [0.4, 0.5) is 5.69 Å². The molecule has 0 spiro atoms. The number of ether oxygens (including phenoxy) is 1. The predicted molar refractivity (Wildman–Crippen MR) is 70.4 cm³/mol. The van der Waals surface area contributed by atoms with E-state index < -0.39 is 6.10 Å². The number of hydrogen-bond donors (Lipinski definition) is 1. The monoisotopic (exact) mass is 298 g/mol. The van der Waals surface area contributed by atoms with Crippen LogP contribution >= 0.6 is 15.9 Å². The zero-order valence-corrected chi connectivity index (χ0v) is 11.5. The van der Waals surface area contributed by atoms with Gasteiger partial charge in [-0.2, -0.15) is 0 Å². The summed E-state index contributed by atoms with van der Waals surface area (Å²) < 4.78 is 6.50. The molecule has 0 saturated heterocycles. The minimum Gasteiger partial charge on any atom is -0.476 e.